The van der Waals surface area contributed by atoms with Gasteiger partial charge in [-0.2, -0.15) is 0 Å². The number of nitrogens with zero attached hydrogens (tertiary/aromatic N) is 3. The molecule has 7 nitrogen and oxygen atoms in total. The summed E-state index contributed by atoms with van der Waals surface area (Å²) in [7, 11) is 0. The van der Waals surface area contributed by atoms with Gasteiger partial charge in [-0.25, -0.2) is 9.97 Å². The zero-order valence-corrected chi connectivity index (χ0v) is 16.1. The number of fused-ring (bicyclic) bond motifs is 1. The molecule has 0 aromatic carbocycles. The minimum Gasteiger partial charge on any atom is -0.396 e. The first-order chi connectivity index (χ1) is 13.3. The average Bonchev–Trinajstić information content (AvgIpc) is 3.19. The largest absolute Gasteiger partial charge is 0.396 e. The Hall–Kier alpha value is -1.70. The van der Waals surface area contributed by atoms with Gasteiger partial charge in [-0.1, -0.05) is 0 Å². The number of rotatable bonds is 5. The van der Waals surface area contributed by atoms with E-state index in [0.29, 0.717) is 19.1 Å². The molecule has 2 fully saturated rings. The van der Waals surface area contributed by atoms with Crippen LogP contribution in [-0.2, 0) is 0 Å². The SMILES string of the molecule is OCCC1CCN(c2ncnc3[nH]ccc23)CC1.OCCC1CCNCC1. The monoisotopic (exact) mass is 375 g/mol. The molecule has 0 aliphatic carbocycles. The van der Waals surface area contributed by atoms with Crippen molar-refractivity contribution >= 4 is 16.9 Å². The number of aliphatic hydroxyl groups is 2. The molecule has 4 rings (SSSR count). The van der Waals surface area contributed by atoms with Crippen molar-refractivity contribution < 1.29 is 10.2 Å². The lowest BCUT2D eigenvalue weighted by Crippen LogP contribution is -2.34. The fraction of sp³-hybridized carbons (Fsp3) is 0.700. The highest BCUT2D eigenvalue weighted by molar-refractivity contribution is 5.87. The number of nitrogens with one attached hydrogen (secondary N) is 2. The van der Waals surface area contributed by atoms with E-state index in [1.807, 2.05) is 12.3 Å². The van der Waals surface area contributed by atoms with Gasteiger partial charge in [0.15, 0.2) is 0 Å². The third-order valence-corrected chi connectivity index (χ3v) is 5.78. The van der Waals surface area contributed by atoms with Crippen LogP contribution < -0.4 is 10.2 Å². The van der Waals surface area contributed by atoms with E-state index in [-0.39, 0.29) is 0 Å². The smallest absolute Gasteiger partial charge is 0.142 e. The zero-order valence-electron chi connectivity index (χ0n) is 16.1. The Morgan fingerprint density at radius 3 is 2.30 bits per heavy atom. The number of aromatic nitrogens is 3. The topological polar surface area (TPSA) is 97.3 Å². The Labute approximate surface area is 161 Å². The lowest BCUT2D eigenvalue weighted by molar-refractivity contribution is 0.235. The highest BCUT2D eigenvalue weighted by Gasteiger charge is 2.21. The van der Waals surface area contributed by atoms with E-state index in [0.717, 1.165) is 74.6 Å². The second-order valence-electron chi connectivity index (χ2n) is 7.59. The summed E-state index contributed by atoms with van der Waals surface area (Å²) in [5.41, 5.74) is 0.900. The van der Waals surface area contributed by atoms with E-state index in [1.165, 1.54) is 12.8 Å². The predicted octanol–water partition coefficient (Wildman–Crippen LogP) is 1.93. The van der Waals surface area contributed by atoms with Gasteiger partial charge >= 0.3 is 0 Å². The normalized spacial score (nSPS) is 19.1. The maximum Gasteiger partial charge on any atom is 0.142 e. The predicted molar refractivity (Wildman–Crippen MR) is 108 cm³/mol. The molecule has 2 aromatic heterocycles. The molecule has 0 spiro atoms. The van der Waals surface area contributed by atoms with Crippen molar-refractivity contribution in [2.24, 2.45) is 11.8 Å². The molecule has 0 amide bonds. The maximum atomic E-state index is 8.98. The molecule has 150 valence electrons. The second-order valence-corrected chi connectivity index (χ2v) is 7.59. The van der Waals surface area contributed by atoms with E-state index in [1.54, 1.807) is 6.33 Å². The van der Waals surface area contributed by atoms with Gasteiger partial charge in [0.2, 0.25) is 0 Å². The molecule has 0 saturated carbocycles. The van der Waals surface area contributed by atoms with Crippen LogP contribution >= 0.6 is 0 Å². The van der Waals surface area contributed by atoms with Crippen molar-refractivity contribution in [3.8, 4) is 0 Å². The van der Waals surface area contributed by atoms with Crippen LogP contribution in [0.2, 0.25) is 0 Å². The van der Waals surface area contributed by atoms with Crippen LogP contribution in [-0.4, -0.2) is 64.6 Å². The Kier molecular flexibility index (Phi) is 7.86. The summed E-state index contributed by atoms with van der Waals surface area (Å²) < 4.78 is 0. The summed E-state index contributed by atoms with van der Waals surface area (Å²) in [6.45, 7) is 4.99. The van der Waals surface area contributed by atoms with E-state index in [2.05, 4.69) is 25.2 Å². The molecule has 7 heteroatoms. The standard InChI is InChI=1S/C13H18N4O.C7H15NO/c18-8-4-10-2-6-17(7-3-10)13-11-1-5-14-12(11)15-9-16-13;9-6-3-7-1-4-8-5-2-7/h1,5,9-10,18H,2-4,6-8H2,(H,14,15,16);7-9H,1-6H2. The highest BCUT2D eigenvalue weighted by atomic mass is 16.3. The Balaban J connectivity index is 0.000000197. The Morgan fingerprint density at radius 1 is 0.963 bits per heavy atom. The minimum atomic E-state index is 0.306. The van der Waals surface area contributed by atoms with Crippen molar-refractivity contribution in [1.82, 2.24) is 20.3 Å². The molecule has 2 aromatic rings. The number of anilines is 1. The van der Waals surface area contributed by atoms with Crippen LogP contribution in [0.15, 0.2) is 18.6 Å². The van der Waals surface area contributed by atoms with Gasteiger partial charge in [-0.05, 0) is 69.5 Å². The van der Waals surface area contributed by atoms with Crippen molar-refractivity contribution in [1.29, 1.82) is 0 Å². The molecule has 0 unspecified atom stereocenters. The van der Waals surface area contributed by atoms with E-state index >= 15 is 0 Å². The first-order valence-corrected chi connectivity index (χ1v) is 10.3. The van der Waals surface area contributed by atoms with Crippen molar-refractivity contribution in [3.05, 3.63) is 18.6 Å². The van der Waals surface area contributed by atoms with Crippen LogP contribution in [0.25, 0.3) is 11.0 Å². The Bertz CT molecular complexity index is 660. The first-order valence-electron chi connectivity index (χ1n) is 10.3. The van der Waals surface area contributed by atoms with Gasteiger partial charge in [0.25, 0.3) is 0 Å². The quantitative estimate of drug-likeness (QED) is 0.638. The summed E-state index contributed by atoms with van der Waals surface area (Å²) in [5, 5.41) is 22.0. The number of hydrogen-bond acceptors (Lipinski definition) is 6. The molecule has 0 atom stereocenters. The average molecular weight is 376 g/mol. The van der Waals surface area contributed by atoms with E-state index in [9.17, 15) is 0 Å². The molecular formula is C20H33N5O2. The molecule has 4 heterocycles. The van der Waals surface area contributed by atoms with Gasteiger partial charge in [0.1, 0.15) is 17.8 Å². The summed E-state index contributed by atoms with van der Waals surface area (Å²) in [6, 6.07) is 2.03. The fourth-order valence-electron chi connectivity index (χ4n) is 4.08. The molecule has 0 bridgehead atoms. The van der Waals surface area contributed by atoms with Crippen LogP contribution in [0.1, 0.15) is 38.5 Å². The molecule has 2 saturated heterocycles. The van der Waals surface area contributed by atoms with Gasteiger partial charge < -0.3 is 25.4 Å². The molecule has 4 N–H and O–H groups in total. The molecular weight excluding hydrogens is 342 g/mol. The van der Waals surface area contributed by atoms with Crippen LogP contribution in [0.3, 0.4) is 0 Å². The number of H-pyrrole nitrogens is 1. The number of aliphatic hydroxyl groups excluding tert-OH is 2. The molecule has 2 aliphatic rings. The van der Waals surface area contributed by atoms with Gasteiger partial charge in [-0.15, -0.1) is 0 Å². The lowest BCUT2D eigenvalue weighted by Gasteiger charge is -2.32. The maximum absolute atomic E-state index is 8.98. The lowest BCUT2D eigenvalue weighted by atomic mass is 9.94. The summed E-state index contributed by atoms with van der Waals surface area (Å²) >= 11 is 0. The molecule has 0 radical (unpaired) electrons. The zero-order chi connectivity index (χ0) is 18.9. The summed E-state index contributed by atoms with van der Waals surface area (Å²) in [5.74, 6) is 2.48. The van der Waals surface area contributed by atoms with Crippen LogP contribution in [0, 0.1) is 11.8 Å². The minimum absolute atomic E-state index is 0.306. The number of piperidine rings is 2. The second kappa shape index (κ2) is 10.6. The van der Waals surface area contributed by atoms with Crippen molar-refractivity contribution in [2.75, 3.05) is 44.3 Å². The number of aromatic amines is 1. The van der Waals surface area contributed by atoms with E-state index < -0.39 is 0 Å². The van der Waals surface area contributed by atoms with Crippen molar-refractivity contribution in [3.63, 3.8) is 0 Å². The molecule has 27 heavy (non-hydrogen) atoms. The summed E-state index contributed by atoms with van der Waals surface area (Å²) in [4.78, 5) is 14.1. The fourth-order valence-corrected chi connectivity index (χ4v) is 4.08. The number of hydrogen-bond donors (Lipinski definition) is 4. The third kappa shape index (κ3) is 5.64. The van der Waals surface area contributed by atoms with Gasteiger partial charge in [0, 0.05) is 32.5 Å². The first kappa shape index (κ1) is 20.0. The van der Waals surface area contributed by atoms with E-state index in [4.69, 9.17) is 10.2 Å². The van der Waals surface area contributed by atoms with Crippen LogP contribution in [0.5, 0.6) is 0 Å². The van der Waals surface area contributed by atoms with Crippen molar-refractivity contribution in [2.45, 2.75) is 38.5 Å². The van der Waals surface area contributed by atoms with Gasteiger partial charge in [0.05, 0.1) is 5.39 Å². The summed E-state index contributed by atoms with van der Waals surface area (Å²) in [6.07, 6.45) is 10.2. The third-order valence-electron chi connectivity index (χ3n) is 5.78. The Morgan fingerprint density at radius 2 is 1.63 bits per heavy atom. The highest BCUT2D eigenvalue weighted by Crippen LogP contribution is 2.27. The van der Waals surface area contributed by atoms with Gasteiger partial charge in [-0.3, -0.25) is 0 Å². The molecule has 2 aliphatic heterocycles. The van der Waals surface area contributed by atoms with Crippen LogP contribution in [0.4, 0.5) is 5.82 Å².